The Labute approximate surface area is 218 Å². The van der Waals surface area contributed by atoms with Gasteiger partial charge in [-0.15, -0.1) is 0 Å². The molecule has 3 aliphatic rings. The van der Waals surface area contributed by atoms with Gasteiger partial charge in [-0.2, -0.15) is 0 Å². The van der Waals surface area contributed by atoms with Gasteiger partial charge in [-0.3, -0.25) is 9.80 Å². The van der Waals surface area contributed by atoms with Crippen molar-refractivity contribution in [1.29, 1.82) is 5.26 Å². The van der Waals surface area contributed by atoms with Crippen LogP contribution in [-0.2, 0) is 28.4 Å². The van der Waals surface area contributed by atoms with E-state index in [1.165, 1.54) is 0 Å². The molecule has 0 atom stereocenters. The summed E-state index contributed by atoms with van der Waals surface area (Å²) >= 11 is 0. The summed E-state index contributed by atoms with van der Waals surface area (Å²) in [6, 6.07) is 0. The van der Waals surface area contributed by atoms with Gasteiger partial charge in [0, 0.05) is 39.3 Å². The molecule has 3 rings (SSSR count). The third-order valence-corrected chi connectivity index (χ3v) is 4.43. The summed E-state index contributed by atoms with van der Waals surface area (Å²) in [6.07, 6.45) is 0. The third kappa shape index (κ3) is 18.1. The minimum absolute atomic E-state index is 0. The number of nitrogens with zero attached hydrogens (tertiary/aromatic N) is 3. The van der Waals surface area contributed by atoms with Crippen molar-refractivity contribution >= 4 is 0 Å². The van der Waals surface area contributed by atoms with Crippen LogP contribution in [0, 0.1) is 11.8 Å². The van der Waals surface area contributed by atoms with Crippen LogP contribution in [-0.4, -0.2) is 128 Å². The SMILES string of the molecule is C1COCCN2CCOCCOCCN(CCO1)CCOCCOCC2.[11C-]#N.[K+]. The fourth-order valence-corrected chi connectivity index (χ4v) is 2.80. The molecule has 10 heteroatoms. The molecule has 3 saturated heterocycles. The fourth-order valence-electron chi connectivity index (χ4n) is 2.80. The first-order valence-corrected chi connectivity index (χ1v) is 10.1. The van der Waals surface area contributed by atoms with E-state index in [-0.39, 0.29) is 51.4 Å². The molecule has 0 N–H and O–H groups in total. The molecule has 0 aromatic heterocycles. The smallest absolute Gasteiger partial charge is 0.512 e. The average molecular weight is 441 g/mol. The Morgan fingerprint density at radius 1 is 0.379 bits per heavy atom. The van der Waals surface area contributed by atoms with Gasteiger partial charge in [-0.25, -0.2) is 0 Å². The van der Waals surface area contributed by atoms with E-state index in [2.05, 4.69) is 9.80 Å². The summed E-state index contributed by atoms with van der Waals surface area (Å²) in [7, 11) is 0. The predicted octanol–water partition coefficient (Wildman–Crippen LogP) is -3.18. The van der Waals surface area contributed by atoms with E-state index in [1.807, 2.05) is 0 Å². The largest absolute Gasteiger partial charge is 1.00 e. The van der Waals surface area contributed by atoms with Gasteiger partial charge >= 0.3 is 51.4 Å². The summed E-state index contributed by atoms with van der Waals surface area (Å²) in [5.74, 6) is 0. The molecule has 29 heavy (non-hydrogen) atoms. The zero-order valence-electron chi connectivity index (χ0n) is 18.0. The van der Waals surface area contributed by atoms with Gasteiger partial charge in [0.25, 0.3) is 0 Å². The van der Waals surface area contributed by atoms with Gasteiger partial charge in [-0.1, -0.05) is 0 Å². The molecule has 0 amide bonds. The number of rotatable bonds is 0. The van der Waals surface area contributed by atoms with Crippen LogP contribution < -0.4 is 51.4 Å². The second kappa shape index (κ2) is 23.5. The monoisotopic (exact) mass is 440 g/mol. The van der Waals surface area contributed by atoms with E-state index in [4.69, 9.17) is 40.3 Å². The first kappa shape index (κ1) is 29.8. The number of ether oxygens (including phenoxy) is 6. The van der Waals surface area contributed by atoms with E-state index in [0.29, 0.717) is 79.3 Å². The van der Waals surface area contributed by atoms with Crippen LogP contribution in [0.15, 0.2) is 0 Å². The molecular formula is C19H36KN3O6. The molecule has 0 radical (unpaired) electrons. The van der Waals surface area contributed by atoms with Crippen molar-refractivity contribution in [2.45, 2.75) is 0 Å². The van der Waals surface area contributed by atoms with Gasteiger partial charge in [0.05, 0.1) is 79.3 Å². The summed E-state index contributed by atoms with van der Waals surface area (Å²) in [4.78, 5) is 4.62. The molecule has 0 aromatic carbocycles. The standard InChI is InChI=1S/C18H36N2O6.CN.K/c1-7-21-13-14-24-10-4-20-5-11-25-17-15-22-8-2-19(1)3-9-23-16-18-26-12-6-20;1-2;/h1-18H2;;/q;-1;+1/i;1-1;. The maximum atomic E-state index is 6.25. The van der Waals surface area contributed by atoms with E-state index in [1.54, 1.807) is 0 Å². The summed E-state index contributed by atoms with van der Waals surface area (Å²) in [5.41, 5.74) is 0. The third-order valence-electron chi connectivity index (χ3n) is 4.43. The van der Waals surface area contributed by atoms with Gasteiger partial charge in [-0.05, 0) is 0 Å². The fraction of sp³-hybridized carbons (Fsp3) is 0.947. The van der Waals surface area contributed by atoms with Crippen LogP contribution in [0.25, 0.3) is 0 Å². The van der Waals surface area contributed by atoms with Crippen molar-refractivity contribution < 1.29 is 79.8 Å². The minimum atomic E-state index is 0. The maximum Gasteiger partial charge on any atom is 1.00 e. The summed E-state index contributed by atoms with van der Waals surface area (Å²) in [6.45, 7) is 17.9. The van der Waals surface area contributed by atoms with Gasteiger partial charge in [0.2, 0.25) is 0 Å². The number of hydrogen-bond donors (Lipinski definition) is 0. The Balaban J connectivity index is 0.00000253. The Hall–Kier alpha value is 0.806. The van der Waals surface area contributed by atoms with Crippen molar-refractivity contribution in [3.05, 3.63) is 6.57 Å². The van der Waals surface area contributed by atoms with Crippen LogP contribution >= 0.6 is 0 Å². The van der Waals surface area contributed by atoms with Crippen LogP contribution in [0.1, 0.15) is 0 Å². The van der Waals surface area contributed by atoms with Crippen molar-refractivity contribution in [2.24, 2.45) is 0 Å². The first-order chi connectivity index (χ1) is 13.9. The van der Waals surface area contributed by atoms with Crippen LogP contribution in [0.3, 0.4) is 0 Å². The minimum Gasteiger partial charge on any atom is -0.512 e. The molecule has 164 valence electrons. The van der Waals surface area contributed by atoms with Crippen molar-refractivity contribution in [3.63, 3.8) is 0 Å². The zero-order valence-corrected chi connectivity index (χ0v) is 21.1. The Morgan fingerprint density at radius 3 is 0.724 bits per heavy atom. The quantitative estimate of drug-likeness (QED) is 0.286. The van der Waals surface area contributed by atoms with Crippen molar-refractivity contribution in [2.75, 3.05) is 119 Å². The molecule has 3 heterocycles. The normalized spacial score (nSPS) is 27.4. The van der Waals surface area contributed by atoms with E-state index in [0.717, 1.165) is 39.3 Å². The van der Waals surface area contributed by atoms with E-state index in [9.17, 15) is 0 Å². The molecule has 3 fully saturated rings. The molecule has 0 spiro atoms. The molecule has 3 aliphatic heterocycles. The molecule has 0 unspecified atom stereocenters. The zero-order chi connectivity index (χ0) is 20.1. The second-order valence-corrected chi connectivity index (χ2v) is 6.36. The van der Waals surface area contributed by atoms with Gasteiger partial charge in [0.15, 0.2) is 0 Å². The topological polar surface area (TPSA) is 85.7 Å². The summed E-state index contributed by atoms with van der Waals surface area (Å²) in [5, 5.41) is 6.25. The molecule has 0 saturated carbocycles. The van der Waals surface area contributed by atoms with Gasteiger partial charge in [0.1, 0.15) is 0 Å². The molecular weight excluding hydrogens is 404 g/mol. The molecule has 2 bridgehead atoms. The first-order valence-electron chi connectivity index (χ1n) is 10.1. The van der Waals surface area contributed by atoms with E-state index < -0.39 is 0 Å². The Kier molecular flexibility index (Phi) is 24.1. The van der Waals surface area contributed by atoms with Crippen LogP contribution in [0.5, 0.6) is 0 Å². The van der Waals surface area contributed by atoms with Crippen molar-refractivity contribution in [1.82, 2.24) is 9.80 Å². The predicted molar refractivity (Wildman–Crippen MR) is 103 cm³/mol. The molecule has 0 aliphatic carbocycles. The van der Waals surface area contributed by atoms with E-state index >= 15 is 0 Å². The molecule has 0 aromatic rings. The molecule has 9 nitrogen and oxygen atoms in total. The van der Waals surface area contributed by atoms with Crippen LogP contribution in [0.2, 0.25) is 0 Å². The van der Waals surface area contributed by atoms with Crippen LogP contribution in [0.4, 0.5) is 0 Å². The Morgan fingerprint density at radius 2 is 0.552 bits per heavy atom. The van der Waals surface area contributed by atoms with Gasteiger partial charge < -0.3 is 40.3 Å². The second-order valence-electron chi connectivity index (χ2n) is 6.36. The number of hydrogen-bond acceptors (Lipinski definition) is 9. The average Bonchev–Trinajstić information content (AvgIpc) is 2.72. The summed E-state index contributed by atoms with van der Waals surface area (Å²) < 4.78 is 34.2. The number of fused-ring (bicyclic) bond motifs is 21. The Bertz CT molecular complexity index is 291. The maximum absolute atomic E-state index is 6.25. The van der Waals surface area contributed by atoms with Crippen molar-refractivity contribution in [3.8, 4) is 0 Å².